The third kappa shape index (κ3) is 4.49. The molecule has 1 aliphatic rings. The van der Waals surface area contributed by atoms with Gasteiger partial charge >= 0.3 is 0 Å². The molecule has 0 aromatic heterocycles. The summed E-state index contributed by atoms with van der Waals surface area (Å²) in [5.74, 6) is -4.97. The zero-order valence-corrected chi connectivity index (χ0v) is 15.7. The van der Waals surface area contributed by atoms with Gasteiger partial charge in [0, 0.05) is 25.6 Å². The molecule has 1 amide bonds. The molecule has 2 rings (SSSR count). The lowest BCUT2D eigenvalue weighted by Crippen LogP contribution is -2.45. The smallest absolute Gasteiger partial charge is 0.232 e. The fourth-order valence-corrected chi connectivity index (χ4v) is 4.19. The van der Waals surface area contributed by atoms with E-state index in [-0.39, 0.29) is 24.9 Å². The van der Waals surface area contributed by atoms with E-state index in [9.17, 15) is 26.4 Å². The summed E-state index contributed by atoms with van der Waals surface area (Å²) in [5, 5.41) is 0. The molecule has 0 N–H and O–H groups in total. The highest BCUT2D eigenvalue weighted by Gasteiger charge is 2.28. The van der Waals surface area contributed by atoms with Gasteiger partial charge in [0.25, 0.3) is 0 Å². The first-order valence-electron chi connectivity index (χ1n) is 8.57. The van der Waals surface area contributed by atoms with Crippen LogP contribution in [-0.4, -0.2) is 44.6 Å². The van der Waals surface area contributed by atoms with Crippen LogP contribution >= 0.6 is 0 Å². The van der Waals surface area contributed by atoms with E-state index < -0.39 is 33.2 Å². The van der Waals surface area contributed by atoms with Crippen molar-refractivity contribution < 1.29 is 26.4 Å². The first-order chi connectivity index (χ1) is 12.2. The Kier molecular flexibility index (Phi) is 6.54. The molecule has 1 atom stereocenters. The predicted octanol–water partition coefficient (Wildman–Crippen LogP) is 3.05. The fourth-order valence-electron chi connectivity index (χ4n) is 3.27. The maximum atomic E-state index is 14.0. The van der Waals surface area contributed by atoms with Crippen molar-refractivity contribution in [1.29, 1.82) is 0 Å². The van der Waals surface area contributed by atoms with E-state index in [1.54, 1.807) is 4.90 Å². The summed E-state index contributed by atoms with van der Waals surface area (Å²) in [5.41, 5.74) is -0.607. The molecule has 1 aromatic rings. The predicted molar refractivity (Wildman–Crippen MR) is 92.8 cm³/mol. The van der Waals surface area contributed by atoms with Crippen molar-refractivity contribution in [3.05, 3.63) is 29.6 Å². The average Bonchev–Trinajstić information content (AvgIpc) is 2.60. The summed E-state index contributed by atoms with van der Waals surface area (Å²) in [6, 6.07) is 1.63. The van der Waals surface area contributed by atoms with Gasteiger partial charge in [-0.3, -0.25) is 9.10 Å². The number of hydrogen-bond acceptors (Lipinski definition) is 3. The monoisotopic (exact) mass is 392 g/mol. The van der Waals surface area contributed by atoms with Gasteiger partial charge < -0.3 is 4.90 Å². The van der Waals surface area contributed by atoms with Crippen molar-refractivity contribution in [3.63, 3.8) is 0 Å². The molecule has 1 saturated heterocycles. The number of rotatable bonds is 6. The molecule has 9 heteroatoms. The fraction of sp³-hybridized carbons (Fsp3) is 0.588. The molecule has 5 nitrogen and oxygen atoms in total. The lowest BCUT2D eigenvalue weighted by molar-refractivity contribution is -0.134. The number of benzene rings is 1. The highest BCUT2D eigenvalue weighted by atomic mass is 32.2. The standard InChI is InChI=1S/C17H23F3N2O3S/c1-3-12-6-4-5-10-21(12)15(23)9-11-22(26(2,24)25)14-8-7-13(18)16(19)17(14)20/h7-8,12H,3-6,9-11H2,1-2H3. The van der Waals surface area contributed by atoms with Crippen molar-refractivity contribution in [2.24, 2.45) is 0 Å². The van der Waals surface area contributed by atoms with Crippen molar-refractivity contribution in [1.82, 2.24) is 4.90 Å². The van der Waals surface area contributed by atoms with Crippen LogP contribution < -0.4 is 4.31 Å². The number of likely N-dealkylation sites (tertiary alicyclic amines) is 1. The van der Waals surface area contributed by atoms with Gasteiger partial charge in [0.2, 0.25) is 15.9 Å². The van der Waals surface area contributed by atoms with Crippen LogP contribution in [0.4, 0.5) is 18.9 Å². The Hall–Kier alpha value is -1.77. The number of piperidine rings is 1. The Morgan fingerprint density at radius 1 is 1.23 bits per heavy atom. The molecular formula is C17H23F3N2O3S. The largest absolute Gasteiger partial charge is 0.340 e. The van der Waals surface area contributed by atoms with Crippen LogP contribution in [0.15, 0.2) is 12.1 Å². The first kappa shape index (κ1) is 20.5. The maximum Gasteiger partial charge on any atom is 0.232 e. The molecule has 1 fully saturated rings. The number of hydrogen-bond donors (Lipinski definition) is 0. The van der Waals surface area contributed by atoms with Crippen LogP contribution in [0.2, 0.25) is 0 Å². The lowest BCUT2D eigenvalue weighted by Gasteiger charge is -2.36. The van der Waals surface area contributed by atoms with Crippen LogP contribution in [0.5, 0.6) is 0 Å². The van der Waals surface area contributed by atoms with Crippen molar-refractivity contribution in [2.75, 3.05) is 23.7 Å². The topological polar surface area (TPSA) is 57.7 Å². The number of carbonyl (C=O) groups is 1. The number of carbonyl (C=O) groups excluding carboxylic acids is 1. The minimum atomic E-state index is -3.98. The highest BCUT2D eigenvalue weighted by Crippen LogP contribution is 2.26. The Morgan fingerprint density at radius 2 is 1.92 bits per heavy atom. The molecular weight excluding hydrogens is 369 g/mol. The normalized spacial score (nSPS) is 18.0. The molecule has 0 spiro atoms. The first-order valence-corrected chi connectivity index (χ1v) is 10.4. The maximum absolute atomic E-state index is 14.0. The summed E-state index contributed by atoms with van der Waals surface area (Å²) in [6.45, 7) is 2.25. The molecule has 1 heterocycles. The summed E-state index contributed by atoms with van der Waals surface area (Å²) >= 11 is 0. The summed E-state index contributed by atoms with van der Waals surface area (Å²) in [6.07, 6.45) is 4.29. The third-order valence-corrected chi connectivity index (χ3v) is 5.81. The molecule has 1 aliphatic heterocycles. The SMILES string of the molecule is CCC1CCCCN1C(=O)CCN(c1ccc(F)c(F)c1F)S(C)(=O)=O. The van der Waals surface area contributed by atoms with Crippen LogP contribution in [0.25, 0.3) is 0 Å². The summed E-state index contributed by atoms with van der Waals surface area (Å²) in [4.78, 5) is 14.2. The third-order valence-electron chi connectivity index (χ3n) is 4.63. The number of amides is 1. The molecule has 0 radical (unpaired) electrons. The molecule has 0 saturated carbocycles. The number of sulfonamides is 1. The Morgan fingerprint density at radius 3 is 2.54 bits per heavy atom. The van der Waals surface area contributed by atoms with Gasteiger partial charge in [0.05, 0.1) is 11.9 Å². The van der Waals surface area contributed by atoms with Crippen molar-refractivity contribution >= 4 is 21.6 Å². The van der Waals surface area contributed by atoms with E-state index in [4.69, 9.17) is 0 Å². The molecule has 0 aliphatic carbocycles. The molecule has 26 heavy (non-hydrogen) atoms. The van der Waals surface area contributed by atoms with E-state index in [0.717, 1.165) is 38.0 Å². The van der Waals surface area contributed by atoms with E-state index >= 15 is 0 Å². The Balaban J connectivity index is 2.20. The quantitative estimate of drug-likeness (QED) is 0.699. The second kappa shape index (κ2) is 8.28. The van der Waals surface area contributed by atoms with Gasteiger partial charge in [0.15, 0.2) is 17.5 Å². The van der Waals surface area contributed by atoms with Gasteiger partial charge in [-0.1, -0.05) is 6.92 Å². The average molecular weight is 392 g/mol. The number of anilines is 1. The van der Waals surface area contributed by atoms with E-state index in [0.29, 0.717) is 16.9 Å². The van der Waals surface area contributed by atoms with Gasteiger partial charge in [-0.25, -0.2) is 21.6 Å². The minimum Gasteiger partial charge on any atom is -0.340 e. The summed E-state index contributed by atoms with van der Waals surface area (Å²) < 4.78 is 65.2. The minimum absolute atomic E-state index is 0.114. The number of nitrogens with zero attached hydrogens (tertiary/aromatic N) is 2. The second-order valence-corrected chi connectivity index (χ2v) is 8.33. The zero-order valence-electron chi connectivity index (χ0n) is 14.8. The second-order valence-electron chi connectivity index (χ2n) is 6.42. The van der Waals surface area contributed by atoms with Crippen molar-refractivity contribution in [2.45, 2.75) is 45.1 Å². The number of halogens is 3. The van der Waals surface area contributed by atoms with E-state index in [1.165, 1.54) is 0 Å². The molecule has 1 aromatic carbocycles. The van der Waals surface area contributed by atoms with Crippen LogP contribution in [0.1, 0.15) is 39.0 Å². The zero-order chi connectivity index (χ0) is 19.5. The Labute approximate surface area is 151 Å². The van der Waals surface area contributed by atoms with Gasteiger partial charge in [-0.2, -0.15) is 0 Å². The van der Waals surface area contributed by atoms with Gasteiger partial charge in [-0.05, 0) is 37.8 Å². The van der Waals surface area contributed by atoms with E-state index in [1.807, 2.05) is 6.92 Å². The van der Waals surface area contributed by atoms with Crippen molar-refractivity contribution in [3.8, 4) is 0 Å². The molecule has 146 valence electrons. The molecule has 0 bridgehead atoms. The van der Waals surface area contributed by atoms with Gasteiger partial charge in [-0.15, -0.1) is 0 Å². The van der Waals surface area contributed by atoms with Crippen LogP contribution in [-0.2, 0) is 14.8 Å². The Bertz CT molecular complexity index is 771. The van der Waals surface area contributed by atoms with Crippen LogP contribution in [0.3, 0.4) is 0 Å². The highest BCUT2D eigenvalue weighted by molar-refractivity contribution is 7.92. The van der Waals surface area contributed by atoms with Gasteiger partial charge in [0.1, 0.15) is 0 Å². The van der Waals surface area contributed by atoms with Crippen LogP contribution in [0, 0.1) is 17.5 Å². The van der Waals surface area contributed by atoms with E-state index in [2.05, 4.69) is 0 Å². The summed E-state index contributed by atoms with van der Waals surface area (Å²) in [7, 11) is -3.98. The molecule has 1 unspecified atom stereocenters. The lowest BCUT2D eigenvalue weighted by atomic mass is 9.99.